The third kappa shape index (κ3) is 3.88. The molecule has 3 heteroatoms. The zero-order chi connectivity index (χ0) is 13.7. The van der Waals surface area contributed by atoms with Gasteiger partial charge in [-0.3, -0.25) is 0 Å². The highest BCUT2D eigenvalue weighted by atomic mass is 79.9. The van der Waals surface area contributed by atoms with Crippen molar-refractivity contribution in [2.75, 3.05) is 6.54 Å². The van der Waals surface area contributed by atoms with Crippen LogP contribution in [0.3, 0.4) is 0 Å². The van der Waals surface area contributed by atoms with E-state index in [0.717, 1.165) is 17.4 Å². The number of likely N-dealkylation sites (N-methyl/N-ethyl adjacent to an activating group) is 1. The first kappa shape index (κ1) is 14.2. The molecule has 0 aliphatic heterocycles. The van der Waals surface area contributed by atoms with Gasteiger partial charge >= 0.3 is 0 Å². The van der Waals surface area contributed by atoms with Gasteiger partial charge in [-0.15, -0.1) is 0 Å². The van der Waals surface area contributed by atoms with E-state index < -0.39 is 0 Å². The highest BCUT2D eigenvalue weighted by Crippen LogP contribution is 2.24. The van der Waals surface area contributed by atoms with Gasteiger partial charge in [0.05, 0.1) is 0 Å². The average Bonchev–Trinajstić information content (AvgIpc) is 2.39. The van der Waals surface area contributed by atoms with Crippen LogP contribution in [0.15, 0.2) is 53.0 Å². The van der Waals surface area contributed by atoms with Crippen molar-refractivity contribution in [2.24, 2.45) is 0 Å². The molecule has 2 aromatic rings. The fourth-order valence-electron chi connectivity index (χ4n) is 2.17. The van der Waals surface area contributed by atoms with E-state index in [1.165, 1.54) is 11.6 Å². The third-order valence-corrected chi connectivity index (χ3v) is 3.56. The quantitative estimate of drug-likeness (QED) is 0.856. The van der Waals surface area contributed by atoms with Crippen LogP contribution in [0.4, 0.5) is 4.39 Å². The van der Waals surface area contributed by atoms with Crippen molar-refractivity contribution in [1.82, 2.24) is 5.32 Å². The lowest BCUT2D eigenvalue weighted by molar-refractivity contribution is 0.509. The van der Waals surface area contributed by atoms with Gasteiger partial charge in [0.2, 0.25) is 0 Å². The molecule has 0 aromatic heterocycles. The first-order valence-electron chi connectivity index (χ1n) is 6.43. The second kappa shape index (κ2) is 6.83. The second-order valence-corrected chi connectivity index (χ2v) is 5.38. The maximum absolute atomic E-state index is 14.1. The molecule has 0 saturated heterocycles. The summed E-state index contributed by atoms with van der Waals surface area (Å²) in [6.07, 6.45) is 0.785. The highest BCUT2D eigenvalue weighted by Gasteiger charge is 2.15. The van der Waals surface area contributed by atoms with Crippen LogP contribution < -0.4 is 5.32 Å². The Morgan fingerprint density at radius 1 is 1.16 bits per heavy atom. The van der Waals surface area contributed by atoms with Gasteiger partial charge < -0.3 is 5.32 Å². The summed E-state index contributed by atoms with van der Waals surface area (Å²) in [6, 6.07) is 15.4. The lowest BCUT2D eigenvalue weighted by Gasteiger charge is -2.19. The van der Waals surface area contributed by atoms with Crippen molar-refractivity contribution in [3.8, 4) is 0 Å². The fraction of sp³-hybridized carbons (Fsp3) is 0.250. The maximum atomic E-state index is 14.1. The van der Waals surface area contributed by atoms with Crippen molar-refractivity contribution >= 4 is 15.9 Å². The van der Waals surface area contributed by atoms with Crippen molar-refractivity contribution in [3.05, 3.63) is 69.9 Å². The Hall–Kier alpha value is -1.19. The molecule has 0 spiro atoms. The summed E-state index contributed by atoms with van der Waals surface area (Å²) in [5.41, 5.74) is 1.92. The number of halogens is 2. The minimum absolute atomic E-state index is 0.000463. The minimum atomic E-state index is -0.170. The van der Waals surface area contributed by atoms with E-state index >= 15 is 0 Å². The van der Waals surface area contributed by atoms with Gasteiger partial charge in [-0.2, -0.15) is 0 Å². The lowest BCUT2D eigenvalue weighted by Crippen LogP contribution is -2.23. The van der Waals surface area contributed by atoms with Crippen LogP contribution in [-0.2, 0) is 6.42 Å². The minimum Gasteiger partial charge on any atom is -0.310 e. The fourth-order valence-corrected chi connectivity index (χ4v) is 2.51. The number of nitrogens with one attached hydrogen (secondary N) is 1. The van der Waals surface area contributed by atoms with E-state index in [1.54, 1.807) is 0 Å². The predicted octanol–water partition coefficient (Wildman–Crippen LogP) is 4.48. The van der Waals surface area contributed by atoms with Gasteiger partial charge in [-0.05, 0) is 30.7 Å². The number of hydrogen-bond donors (Lipinski definition) is 1. The zero-order valence-electron chi connectivity index (χ0n) is 10.9. The topological polar surface area (TPSA) is 12.0 Å². The van der Waals surface area contributed by atoms with Crippen LogP contribution in [0.5, 0.6) is 0 Å². The maximum Gasteiger partial charge on any atom is 0.129 e. The molecule has 0 aliphatic carbocycles. The summed E-state index contributed by atoms with van der Waals surface area (Å²) < 4.78 is 14.8. The Bertz CT molecular complexity index is 528. The summed E-state index contributed by atoms with van der Waals surface area (Å²) in [5.74, 6) is -0.170. The number of hydrogen-bond acceptors (Lipinski definition) is 1. The third-order valence-electron chi connectivity index (χ3n) is 3.07. The van der Waals surface area contributed by atoms with Crippen molar-refractivity contribution < 1.29 is 4.39 Å². The average molecular weight is 322 g/mol. The molecule has 1 atom stereocenters. The van der Waals surface area contributed by atoms with Gasteiger partial charge in [0, 0.05) is 16.1 Å². The molecule has 2 aromatic carbocycles. The predicted molar refractivity (Wildman–Crippen MR) is 80.7 cm³/mol. The molecule has 19 heavy (non-hydrogen) atoms. The molecule has 1 unspecified atom stereocenters. The molecule has 0 saturated carbocycles. The molecular formula is C16H17BrFN. The van der Waals surface area contributed by atoms with E-state index in [1.807, 2.05) is 37.3 Å². The normalized spacial score (nSPS) is 12.4. The molecular weight excluding hydrogens is 305 g/mol. The summed E-state index contributed by atoms with van der Waals surface area (Å²) in [7, 11) is 0. The Morgan fingerprint density at radius 3 is 2.53 bits per heavy atom. The van der Waals surface area contributed by atoms with Crippen molar-refractivity contribution in [1.29, 1.82) is 0 Å². The highest BCUT2D eigenvalue weighted by molar-refractivity contribution is 9.10. The van der Waals surface area contributed by atoms with E-state index in [9.17, 15) is 4.39 Å². The second-order valence-electron chi connectivity index (χ2n) is 4.47. The molecule has 0 fully saturated rings. The number of rotatable bonds is 5. The zero-order valence-corrected chi connectivity index (χ0v) is 12.5. The van der Waals surface area contributed by atoms with Gasteiger partial charge in [0.15, 0.2) is 0 Å². The largest absolute Gasteiger partial charge is 0.310 e. The van der Waals surface area contributed by atoms with Crippen molar-refractivity contribution in [3.63, 3.8) is 0 Å². The summed E-state index contributed by atoms with van der Waals surface area (Å²) in [5, 5.41) is 3.35. The molecule has 2 rings (SSSR count). The van der Waals surface area contributed by atoms with Crippen LogP contribution in [0.2, 0.25) is 0 Å². The van der Waals surface area contributed by atoms with E-state index in [-0.39, 0.29) is 11.9 Å². The van der Waals surface area contributed by atoms with Gasteiger partial charge in [-0.1, -0.05) is 59.3 Å². The summed E-state index contributed by atoms with van der Waals surface area (Å²) in [6.45, 7) is 2.85. The molecule has 0 radical (unpaired) electrons. The Morgan fingerprint density at radius 2 is 1.89 bits per heavy atom. The van der Waals surface area contributed by atoms with Gasteiger partial charge in [0.1, 0.15) is 5.82 Å². The monoisotopic (exact) mass is 321 g/mol. The van der Waals surface area contributed by atoms with E-state index in [2.05, 4.69) is 33.4 Å². The molecule has 0 amide bonds. The van der Waals surface area contributed by atoms with E-state index in [4.69, 9.17) is 0 Å². The molecule has 1 N–H and O–H groups in total. The standard InChI is InChI=1S/C16H17BrFN/c1-2-19-16(10-12-6-4-3-5-7-12)14-9-8-13(17)11-15(14)18/h3-9,11,16,19H,2,10H2,1H3. The molecule has 1 nitrogen and oxygen atoms in total. The van der Waals surface area contributed by atoms with E-state index in [0.29, 0.717) is 5.56 Å². The molecule has 100 valence electrons. The Kier molecular flexibility index (Phi) is 5.11. The molecule has 0 heterocycles. The van der Waals surface area contributed by atoms with Gasteiger partial charge in [0.25, 0.3) is 0 Å². The van der Waals surface area contributed by atoms with Crippen LogP contribution >= 0.6 is 15.9 Å². The first-order chi connectivity index (χ1) is 9.20. The molecule has 0 aliphatic rings. The number of benzene rings is 2. The Balaban J connectivity index is 2.24. The summed E-state index contributed by atoms with van der Waals surface area (Å²) in [4.78, 5) is 0. The first-order valence-corrected chi connectivity index (χ1v) is 7.22. The smallest absolute Gasteiger partial charge is 0.129 e. The van der Waals surface area contributed by atoms with Crippen LogP contribution in [0.1, 0.15) is 24.1 Å². The van der Waals surface area contributed by atoms with Crippen LogP contribution in [-0.4, -0.2) is 6.54 Å². The van der Waals surface area contributed by atoms with Crippen LogP contribution in [0, 0.1) is 5.82 Å². The van der Waals surface area contributed by atoms with Crippen molar-refractivity contribution in [2.45, 2.75) is 19.4 Å². The Labute approximate surface area is 122 Å². The van der Waals surface area contributed by atoms with Gasteiger partial charge in [-0.25, -0.2) is 4.39 Å². The summed E-state index contributed by atoms with van der Waals surface area (Å²) >= 11 is 3.29. The molecule has 0 bridgehead atoms. The van der Waals surface area contributed by atoms with Crippen LogP contribution in [0.25, 0.3) is 0 Å². The SMILES string of the molecule is CCNC(Cc1ccccc1)c1ccc(Br)cc1F. The lowest BCUT2D eigenvalue weighted by atomic mass is 9.98.